The van der Waals surface area contributed by atoms with E-state index in [4.69, 9.17) is 5.84 Å². The maximum atomic E-state index is 13.9. The molecule has 4 nitrogen and oxygen atoms in total. The Hall–Kier alpha value is -2.40. The van der Waals surface area contributed by atoms with Gasteiger partial charge >= 0.3 is 0 Å². The van der Waals surface area contributed by atoms with E-state index in [-0.39, 0.29) is 11.7 Å². The molecule has 2 rings (SSSR count). The first kappa shape index (κ1) is 15.0. The quantitative estimate of drug-likeness (QED) is 0.504. The van der Waals surface area contributed by atoms with Gasteiger partial charge in [0, 0.05) is 18.7 Å². The lowest BCUT2D eigenvalue weighted by Crippen LogP contribution is -2.32. The Kier molecular flexibility index (Phi) is 4.90. The molecule has 21 heavy (non-hydrogen) atoms. The first-order chi connectivity index (χ1) is 10.2. The van der Waals surface area contributed by atoms with Crippen molar-refractivity contribution in [3.63, 3.8) is 0 Å². The van der Waals surface area contributed by atoms with Crippen molar-refractivity contribution in [2.75, 3.05) is 11.4 Å². The number of amides is 1. The van der Waals surface area contributed by atoms with Crippen molar-refractivity contribution >= 4 is 11.6 Å². The minimum atomic E-state index is -0.352. The van der Waals surface area contributed by atoms with E-state index in [1.165, 1.54) is 6.07 Å². The lowest BCUT2D eigenvalue weighted by atomic mass is 10.1. The first-order valence-corrected chi connectivity index (χ1v) is 6.75. The molecule has 5 heteroatoms. The standard InChI is InChI=1S/C16H18FN3O/c1-2-20(15-10-6-5-9-14(15)17)11-12-7-3-4-8-13(12)16(21)19-18/h3-10H,2,11,18H2,1H3,(H,19,21). The summed E-state index contributed by atoms with van der Waals surface area (Å²) >= 11 is 0. The number of para-hydroxylation sites is 1. The highest BCUT2D eigenvalue weighted by atomic mass is 19.1. The van der Waals surface area contributed by atoms with E-state index in [9.17, 15) is 9.18 Å². The number of nitrogens with two attached hydrogens (primary N) is 1. The Morgan fingerprint density at radius 1 is 1.19 bits per heavy atom. The molecule has 0 unspecified atom stereocenters. The van der Waals surface area contributed by atoms with Gasteiger partial charge in [-0.3, -0.25) is 10.2 Å². The summed E-state index contributed by atoms with van der Waals surface area (Å²) in [6, 6.07) is 13.8. The largest absolute Gasteiger partial charge is 0.365 e. The van der Waals surface area contributed by atoms with Crippen LogP contribution in [0.1, 0.15) is 22.8 Å². The third-order valence-corrected chi connectivity index (χ3v) is 3.33. The zero-order valence-electron chi connectivity index (χ0n) is 11.8. The number of anilines is 1. The van der Waals surface area contributed by atoms with Crippen molar-refractivity contribution in [3.8, 4) is 0 Å². The van der Waals surface area contributed by atoms with Gasteiger partial charge in [-0.2, -0.15) is 0 Å². The van der Waals surface area contributed by atoms with Crippen molar-refractivity contribution < 1.29 is 9.18 Å². The highest BCUT2D eigenvalue weighted by molar-refractivity contribution is 5.95. The van der Waals surface area contributed by atoms with Gasteiger partial charge in [-0.15, -0.1) is 0 Å². The fourth-order valence-corrected chi connectivity index (χ4v) is 2.24. The Balaban J connectivity index is 2.32. The Morgan fingerprint density at radius 2 is 1.86 bits per heavy atom. The molecule has 2 aromatic rings. The molecule has 0 aliphatic carbocycles. The lowest BCUT2D eigenvalue weighted by Gasteiger charge is -2.24. The van der Waals surface area contributed by atoms with E-state index < -0.39 is 0 Å². The summed E-state index contributed by atoms with van der Waals surface area (Å²) in [6.45, 7) is 3.00. The Bertz CT molecular complexity index is 630. The van der Waals surface area contributed by atoms with Crippen LogP contribution in [-0.4, -0.2) is 12.5 Å². The fourth-order valence-electron chi connectivity index (χ4n) is 2.24. The van der Waals surface area contributed by atoms with Crippen molar-refractivity contribution in [3.05, 3.63) is 65.5 Å². The summed E-state index contributed by atoms with van der Waals surface area (Å²) in [5.74, 6) is 4.57. The van der Waals surface area contributed by atoms with Crippen LogP contribution < -0.4 is 16.2 Å². The van der Waals surface area contributed by atoms with Crippen molar-refractivity contribution in [2.45, 2.75) is 13.5 Å². The molecular formula is C16H18FN3O. The second kappa shape index (κ2) is 6.85. The Morgan fingerprint density at radius 3 is 2.52 bits per heavy atom. The van der Waals surface area contributed by atoms with Crippen LogP contribution in [0.25, 0.3) is 0 Å². The summed E-state index contributed by atoms with van der Waals surface area (Å²) in [5.41, 5.74) is 3.94. The minimum Gasteiger partial charge on any atom is -0.365 e. The molecule has 0 bridgehead atoms. The molecule has 0 fully saturated rings. The molecule has 0 saturated carbocycles. The molecule has 1 amide bonds. The maximum absolute atomic E-state index is 13.9. The summed E-state index contributed by atoms with van der Waals surface area (Å²) in [4.78, 5) is 13.7. The van der Waals surface area contributed by atoms with E-state index in [0.29, 0.717) is 24.3 Å². The van der Waals surface area contributed by atoms with Gasteiger partial charge in [0.15, 0.2) is 0 Å². The number of hydrogen-bond acceptors (Lipinski definition) is 3. The van der Waals surface area contributed by atoms with Crippen LogP contribution in [0, 0.1) is 5.82 Å². The van der Waals surface area contributed by atoms with Crippen LogP contribution >= 0.6 is 0 Å². The molecule has 0 aliphatic rings. The van der Waals surface area contributed by atoms with Crippen molar-refractivity contribution in [2.24, 2.45) is 5.84 Å². The number of nitrogens with one attached hydrogen (secondary N) is 1. The van der Waals surface area contributed by atoms with Gasteiger partial charge in [0.25, 0.3) is 5.91 Å². The van der Waals surface area contributed by atoms with Crippen molar-refractivity contribution in [1.82, 2.24) is 5.43 Å². The fraction of sp³-hybridized carbons (Fsp3) is 0.188. The Labute approximate surface area is 123 Å². The topological polar surface area (TPSA) is 58.4 Å². The molecule has 0 aliphatic heterocycles. The van der Waals surface area contributed by atoms with Gasteiger partial charge in [-0.1, -0.05) is 30.3 Å². The number of benzene rings is 2. The zero-order chi connectivity index (χ0) is 15.2. The van der Waals surface area contributed by atoms with E-state index >= 15 is 0 Å². The molecule has 0 heterocycles. The van der Waals surface area contributed by atoms with Gasteiger partial charge in [0.2, 0.25) is 0 Å². The maximum Gasteiger partial charge on any atom is 0.265 e. The second-order valence-electron chi connectivity index (χ2n) is 4.60. The highest BCUT2D eigenvalue weighted by Crippen LogP contribution is 2.22. The van der Waals surface area contributed by atoms with E-state index in [0.717, 1.165) is 5.56 Å². The van der Waals surface area contributed by atoms with Crippen LogP contribution in [0.4, 0.5) is 10.1 Å². The predicted molar refractivity (Wildman–Crippen MR) is 81.2 cm³/mol. The third-order valence-electron chi connectivity index (χ3n) is 3.33. The smallest absolute Gasteiger partial charge is 0.265 e. The zero-order valence-corrected chi connectivity index (χ0v) is 11.8. The summed E-state index contributed by atoms with van der Waals surface area (Å²) in [6.07, 6.45) is 0. The monoisotopic (exact) mass is 287 g/mol. The minimum absolute atomic E-state index is 0.278. The van der Waals surface area contributed by atoms with Crippen LogP contribution in [0.5, 0.6) is 0 Å². The van der Waals surface area contributed by atoms with Crippen molar-refractivity contribution in [1.29, 1.82) is 0 Å². The van der Waals surface area contributed by atoms with Crippen LogP contribution in [0.15, 0.2) is 48.5 Å². The number of halogens is 1. The number of nitrogen functional groups attached to an aromatic ring is 1. The number of rotatable bonds is 5. The average molecular weight is 287 g/mol. The molecular weight excluding hydrogens is 269 g/mol. The number of hydrogen-bond donors (Lipinski definition) is 2. The summed E-state index contributed by atoms with van der Waals surface area (Å²) in [5, 5.41) is 0. The van der Waals surface area contributed by atoms with Gasteiger partial charge in [0.1, 0.15) is 5.82 Å². The summed E-state index contributed by atoms with van der Waals surface area (Å²) in [7, 11) is 0. The van der Waals surface area contributed by atoms with Gasteiger partial charge < -0.3 is 4.90 Å². The number of nitrogens with zero attached hydrogens (tertiary/aromatic N) is 1. The van der Waals surface area contributed by atoms with Gasteiger partial charge in [-0.25, -0.2) is 10.2 Å². The summed E-state index contributed by atoms with van der Waals surface area (Å²) < 4.78 is 13.9. The number of hydrazine groups is 1. The normalized spacial score (nSPS) is 10.2. The molecule has 0 radical (unpaired) electrons. The molecule has 0 atom stereocenters. The van der Waals surface area contributed by atoms with Gasteiger partial charge in [0.05, 0.1) is 5.69 Å². The number of carbonyl (C=O) groups excluding carboxylic acids is 1. The molecule has 0 saturated heterocycles. The molecule has 2 aromatic carbocycles. The van der Waals surface area contributed by atoms with Crippen LogP contribution in [0.3, 0.4) is 0 Å². The third kappa shape index (κ3) is 3.38. The van der Waals surface area contributed by atoms with Gasteiger partial charge in [-0.05, 0) is 30.7 Å². The number of carbonyl (C=O) groups is 1. The molecule has 0 aromatic heterocycles. The lowest BCUT2D eigenvalue weighted by molar-refractivity contribution is 0.0952. The highest BCUT2D eigenvalue weighted by Gasteiger charge is 2.14. The van der Waals surface area contributed by atoms with E-state index in [1.54, 1.807) is 30.3 Å². The molecule has 0 spiro atoms. The van der Waals surface area contributed by atoms with Crippen LogP contribution in [-0.2, 0) is 6.54 Å². The molecule has 3 N–H and O–H groups in total. The predicted octanol–water partition coefficient (Wildman–Crippen LogP) is 2.46. The molecule has 110 valence electrons. The van der Waals surface area contributed by atoms with E-state index in [1.807, 2.05) is 24.0 Å². The SMILES string of the molecule is CCN(Cc1ccccc1C(=O)NN)c1ccccc1F. The first-order valence-electron chi connectivity index (χ1n) is 6.75. The van der Waals surface area contributed by atoms with E-state index in [2.05, 4.69) is 5.43 Å². The van der Waals surface area contributed by atoms with Crippen LogP contribution in [0.2, 0.25) is 0 Å². The second-order valence-corrected chi connectivity index (χ2v) is 4.60. The average Bonchev–Trinajstić information content (AvgIpc) is 2.53.